The zero-order valence-corrected chi connectivity index (χ0v) is 17.1. The van der Waals surface area contributed by atoms with Crippen molar-refractivity contribution in [1.29, 1.82) is 0 Å². The van der Waals surface area contributed by atoms with E-state index in [2.05, 4.69) is 15.6 Å². The predicted molar refractivity (Wildman–Crippen MR) is 116 cm³/mol. The van der Waals surface area contributed by atoms with E-state index >= 15 is 0 Å². The van der Waals surface area contributed by atoms with Crippen molar-refractivity contribution in [2.45, 2.75) is 30.8 Å². The van der Waals surface area contributed by atoms with Gasteiger partial charge in [-0.1, -0.05) is 18.2 Å². The van der Waals surface area contributed by atoms with Gasteiger partial charge in [0.25, 0.3) is 5.91 Å². The predicted octanol–water partition coefficient (Wildman–Crippen LogP) is 3.81. The first-order chi connectivity index (χ1) is 15.4. The maximum Gasteiger partial charge on any atom is 0.255 e. The Morgan fingerprint density at radius 3 is 2.31 bits per heavy atom. The average Bonchev–Trinajstić information content (AvgIpc) is 3.56. The highest BCUT2D eigenvalue weighted by Crippen LogP contribution is 2.46. The molecule has 1 saturated carbocycles. The topological polar surface area (TPSA) is 97.1 Å². The molecule has 2 amide bonds. The van der Waals surface area contributed by atoms with Crippen molar-refractivity contribution in [3.63, 3.8) is 0 Å². The summed E-state index contributed by atoms with van der Waals surface area (Å²) in [4.78, 5) is 28.8. The molecule has 6 nitrogen and oxygen atoms in total. The second-order valence-corrected chi connectivity index (χ2v) is 7.88. The number of nitrogens with two attached hydrogens (primary N) is 1. The van der Waals surface area contributed by atoms with Gasteiger partial charge in [0.15, 0.2) is 11.6 Å². The summed E-state index contributed by atoms with van der Waals surface area (Å²) in [7, 11) is 0. The van der Waals surface area contributed by atoms with Crippen LogP contribution in [0.1, 0.15) is 46.8 Å². The number of rotatable bonds is 7. The number of nitrogens with one attached hydrogen (secondary N) is 2. The van der Waals surface area contributed by atoms with Crippen molar-refractivity contribution < 1.29 is 18.4 Å². The lowest BCUT2D eigenvalue weighted by molar-refractivity contribution is -0.122. The van der Waals surface area contributed by atoms with E-state index in [-0.39, 0.29) is 18.2 Å². The molecule has 8 heteroatoms. The number of aromatic nitrogens is 1. The number of pyridine rings is 1. The van der Waals surface area contributed by atoms with Crippen LogP contribution in [0.25, 0.3) is 0 Å². The SMILES string of the molecule is NC(CC(=O)NC1(c2ccc(F)c(F)c2)CC1)c1ccc(C(=O)Nc2ccncc2)cc1. The highest BCUT2D eigenvalue weighted by Gasteiger charge is 2.46. The number of amides is 2. The highest BCUT2D eigenvalue weighted by atomic mass is 19.2. The number of hydrogen-bond donors (Lipinski definition) is 3. The molecule has 0 spiro atoms. The van der Waals surface area contributed by atoms with Gasteiger partial charge in [-0.2, -0.15) is 0 Å². The van der Waals surface area contributed by atoms with E-state index in [1.54, 1.807) is 48.8 Å². The van der Waals surface area contributed by atoms with Crippen LogP contribution in [0.4, 0.5) is 14.5 Å². The van der Waals surface area contributed by atoms with Gasteiger partial charge >= 0.3 is 0 Å². The lowest BCUT2D eigenvalue weighted by Crippen LogP contribution is -2.36. The summed E-state index contributed by atoms with van der Waals surface area (Å²) in [5, 5.41) is 5.68. The van der Waals surface area contributed by atoms with Crippen LogP contribution >= 0.6 is 0 Å². The van der Waals surface area contributed by atoms with E-state index in [0.717, 1.165) is 12.1 Å². The van der Waals surface area contributed by atoms with Crippen molar-refractivity contribution in [2.75, 3.05) is 5.32 Å². The van der Waals surface area contributed by atoms with E-state index in [9.17, 15) is 18.4 Å². The van der Waals surface area contributed by atoms with E-state index in [1.165, 1.54) is 6.07 Å². The van der Waals surface area contributed by atoms with Crippen LogP contribution in [-0.4, -0.2) is 16.8 Å². The largest absolute Gasteiger partial charge is 0.347 e. The first-order valence-corrected chi connectivity index (χ1v) is 10.2. The Hall–Kier alpha value is -3.65. The Balaban J connectivity index is 1.35. The molecule has 1 fully saturated rings. The molecule has 1 atom stereocenters. The molecule has 4 rings (SSSR count). The Kier molecular flexibility index (Phi) is 5.96. The summed E-state index contributed by atoms with van der Waals surface area (Å²) >= 11 is 0. The third-order valence-corrected chi connectivity index (χ3v) is 5.55. The minimum atomic E-state index is -0.937. The van der Waals surface area contributed by atoms with Gasteiger partial charge in [-0.3, -0.25) is 14.6 Å². The zero-order chi connectivity index (χ0) is 22.7. The Morgan fingerprint density at radius 2 is 1.69 bits per heavy atom. The number of hydrogen-bond acceptors (Lipinski definition) is 4. The first-order valence-electron chi connectivity index (χ1n) is 10.2. The van der Waals surface area contributed by atoms with Crippen LogP contribution in [0.15, 0.2) is 67.0 Å². The first kappa shape index (κ1) is 21.6. The van der Waals surface area contributed by atoms with Crippen LogP contribution in [-0.2, 0) is 10.3 Å². The van der Waals surface area contributed by atoms with Gasteiger partial charge in [0, 0.05) is 36.1 Å². The lowest BCUT2D eigenvalue weighted by Gasteiger charge is -2.20. The van der Waals surface area contributed by atoms with Gasteiger partial charge in [-0.15, -0.1) is 0 Å². The molecule has 1 heterocycles. The van der Waals surface area contributed by atoms with Gasteiger partial charge in [-0.05, 0) is 60.4 Å². The van der Waals surface area contributed by atoms with Crippen LogP contribution in [0.2, 0.25) is 0 Å². The quantitative estimate of drug-likeness (QED) is 0.525. The Labute approximate surface area is 183 Å². The highest BCUT2D eigenvalue weighted by molar-refractivity contribution is 6.04. The number of anilines is 1. The number of carbonyl (C=O) groups is 2. The molecule has 0 saturated heterocycles. The second kappa shape index (κ2) is 8.84. The minimum absolute atomic E-state index is 0.0218. The van der Waals surface area contributed by atoms with Crippen LogP contribution in [0.3, 0.4) is 0 Å². The monoisotopic (exact) mass is 436 g/mol. The molecule has 3 aromatic rings. The van der Waals surface area contributed by atoms with Gasteiger partial charge in [0.1, 0.15) is 0 Å². The molecule has 1 aliphatic carbocycles. The smallest absolute Gasteiger partial charge is 0.255 e. The molecule has 164 valence electrons. The molecule has 0 aliphatic heterocycles. The third kappa shape index (κ3) is 4.81. The molecule has 32 heavy (non-hydrogen) atoms. The van der Waals surface area contributed by atoms with E-state index in [1.807, 2.05) is 0 Å². The van der Waals surface area contributed by atoms with E-state index in [0.29, 0.717) is 35.2 Å². The summed E-state index contributed by atoms with van der Waals surface area (Å²) in [6.07, 6.45) is 4.50. The van der Waals surface area contributed by atoms with Crippen LogP contribution < -0.4 is 16.4 Å². The standard InChI is InChI=1S/C24H22F2N4O2/c25-19-6-5-17(13-20(19)26)24(9-10-24)30-22(31)14-21(27)15-1-3-16(4-2-15)23(32)29-18-7-11-28-12-8-18/h1-8,11-13,21H,9-10,14,27H2,(H,30,31)(H,28,29,32). The Bertz CT molecular complexity index is 1130. The summed E-state index contributed by atoms with van der Waals surface area (Å²) in [5.41, 5.74) is 7.87. The van der Waals surface area contributed by atoms with Gasteiger partial charge in [0.05, 0.1) is 5.54 Å². The molecule has 4 N–H and O–H groups in total. The fraction of sp³-hybridized carbons (Fsp3) is 0.208. The molecule has 1 unspecified atom stereocenters. The fourth-order valence-corrected chi connectivity index (χ4v) is 3.56. The molecule has 0 radical (unpaired) electrons. The molecule has 1 aliphatic rings. The van der Waals surface area contributed by atoms with Crippen LogP contribution in [0, 0.1) is 11.6 Å². The van der Waals surface area contributed by atoms with Crippen molar-refractivity contribution in [1.82, 2.24) is 10.3 Å². The van der Waals surface area contributed by atoms with E-state index in [4.69, 9.17) is 5.73 Å². The summed E-state index contributed by atoms with van der Waals surface area (Å²) < 4.78 is 26.8. The van der Waals surface area contributed by atoms with Crippen molar-refractivity contribution in [2.24, 2.45) is 5.73 Å². The lowest BCUT2D eigenvalue weighted by atomic mass is 10.0. The molecule has 0 bridgehead atoms. The number of benzene rings is 2. The maximum absolute atomic E-state index is 13.6. The fourth-order valence-electron chi connectivity index (χ4n) is 3.56. The molecular formula is C24H22F2N4O2. The Morgan fingerprint density at radius 1 is 1.00 bits per heavy atom. The van der Waals surface area contributed by atoms with E-state index < -0.39 is 23.2 Å². The van der Waals surface area contributed by atoms with Gasteiger partial charge in [-0.25, -0.2) is 8.78 Å². The number of halogens is 2. The summed E-state index contributed by atoms with van der Waals surface area (Å²) in [6.45, 7) is 0. The van der Waals surface area contributed by atoms with Crippen LogP contribution in [0.5, 0.6) is 0 Å². The van der Waals surface area contributed by atoms with Gasteiger partial charge < -0.3 is 16.4 Å². The minimum Gasteiger partial charge on any atom is -0.347 e. The second-order valence-electron chi connectivity index (χ2n) is 7.88. The van der Waals surface area contributed by atoms with Crippen molar-refractivity contribution in [3.8, 4) is 0 Å². The molecular weight excluding hydrogens is 414 g/mol. The number of nitrogens with zero attached hydrogens (tertiary/aromatic N) is 1. The summed E-state index contributed by atoms with van der Waals surface area (Å²) in [6, 6.07) is 13.2. The van der Waals surface area contributed by atoms with Gasteiger partial charge in [0.2, 0.25) is 5.91 Å². The summed E-state index contributed by atoms with van der Waals surface area (Å²) in [5.74, 6) is -2.40. The normalized spacial score (nSPS) is 15.0. The van der Waals surface area contributed by atoms with Crippen molar-refractivity contribution in [3.05, 3.63) is 95.3 Å². The van der Waals surface area contributed by atoms with Crippen molar-refractivity contribution >= 4 is 17.5 Å². The molecule has 2 aromatic carbocycles. The number of carbonyl (C=O) groups excluding carboxylic acids is 2. The zero-order valence-electron chi connectivity index (χ0n) is 17.1. The third-order valence-electron chi connectivity index (χ3n) is 5.55. The molecule has 1 aromatic heterocycles. The maximum atomic E-state index is 13.6. The average molecular weight is 436 g/mol.